The number of carbonyl (C=O) groups is 1. The fraction of sp³-hybridized carbons (Fsp3) is 0.364. The van der Waals surface area contributed by atoms with Crippen LogP contribution in [0.3, 0.4) is 0 Å². The van der Waals surface area contributed by atoms with Crippen molar-refractivity contribution < 1.29 is 20.1 Å². The number of hydrogen-bond donors (Lipinski definition) is 3. The molecule has 1 saturated heterocycles. The van der Waals surface area contributed by atoms with Crippen LogP contribution >= 0.6 is 0 Å². The average Bonchev–Trinajstić information content (AvgIpc) is 2.12. The predicted molar refractivity (Wildman–Crippen MR) is 56.6 cm³/mol. The van der Waals surface area contributed by atoms with Gasteiger partial charge < -0.3 is 20.2 Å². The minimum Gasteiger partial charge on any atom is -0.508 e. The van der Waals surface area contributed by atoms with Crippen LogP contribution in [-0.2, 0) is 6.42 Å². The molecule has 5 heteroatoms. The van der Waals surface area contributed by atoms with E-state index in [0.717, 1.165) is 5.56 Å². The first-order chi connectivity index (χ1) is 7.56. The van der Waals surface area contributed by atoms with Crippen LogP contribution in [0.15, 0.2) is 18.2 Å². The molecule has 0 spiro atoms. The molecule has 0 radical (unpaired) electrons. The Bertz CT molecular complexity index is 412. The molecule has 1 aliphatic heterocycles. The highest BCUT2D eigenvalue weighted by molar-refractivity contribution is 5.66. The molecule has 0 aromatic heterocycles. The van der Waals surface area contributed by atoms with Crippen LogP contribution in [0.2, 0.25) is 0 Å². The molecule has 1 aromatic rings. The smallest absolute Gasteiger partial charge is 0.407 e. The minimum atomic E-state index is -0.897. The maximum atomic E-state index is 10.5. The van der Waals surface area contributed by atoms with Gasteiger partial charge in [-0.2, -0.15) is 0 Å². The van der Waals surface area contributed by atoms with Crippen molar-refractivity contribution in [2.45, 2.75) is 6.42 Å². The summed E-state index contributed by atoms with van der Waals surface area (Å²) in [6.45, 7) is 1.02. The average molecular weight is 223 g/mol. The summed E-state index contributed by atoms with van der Waals surface area (Å²) in [4.78, 5) is 11.9. The first-order valence-electron chi connectivity index (χ1n) is 5.05. The van der Waals surface area contributed by atoms with Crippen LogP contribution in [0, 0.1) is 5.92 Å². The Balaban J connectivity index is 1.94. The number of likely N-dealkylation sites (tertiary alicyclic amines) is 1. The number of nitrogens with zero attached hydrogens (tertiary/aromatic N) is 1. The normalized spacial score (nSPS) is 15.9. The van der Waals surface area contributed by atoms with Gasteiger partial charge in [0.25, 0.3) is 0 Å². The van der Waals surface area contributed by atoms with Crippen LogP contribution in [0.5, 0.6) is 11.5 Å². The summed E-state index contributed by atoms with van der Waals surface area (Å²) in [5.74, 6) is 0.349. The monoisotopic (exact) mass is 223 g/mol. The van der Waals surface area contributed by atoms with E-state index in [0.29, 0.717) is 19.5 Å². The van der Waals surface area contributed by atoms with Gasteiger partial charge in [0.15, 0.2) is 0 Å². The van der Waals surface area contributed by atoms with Crippen molar-refractivity contribution in [2.24, 2.45) is 5.92 Å². The van der Waals surface area contributed by atoms with Crippen molar-refractivity contribution in [2.75, 3.05) is 13.1 Å². The van der Waals surface area contributed by atoms with Gasteiger partial charge in [-0.25, -0.2) is 4.79 Å². The standard InChI is InChI=1S/C11H13NO4/c13-9-2-1-8(10(14)4-9)3-7-5-12(6-7)11(15)16/h1-2,4,7,13-14H,3,5-6H2,(H,15,16). The molecule has 5 nitrogen and oxygen atoms in total. The number of carboxylic acid groups (broad SMARTS) is 1. The van der Waals surface area contributed by atoms with E-state index in [4.69, 9.17) is 10.2 Å². The molecule has 1 heterocycles. The van der Waals surface area contributed by atoms with Crippen LogP contribution < -0.4 is 0 Å². The first kappa shape index (κ1) is 10.6. The Morgan fingerprint density at radius 2 is 2.06 bits per heavy atom. The van der Waals surface area contributed by atoms with E-state index >= 15 is 0 Å². The number of benzene rings is 1. The highest BCUT2D eigenvalue weighted by atomic mass is 16.4. The lowest BCUT2D eigenvalue weighted by Crippen LogP contribution is -2.50. The van der Waals surface area contributed by atoms with Crippen molar-refractivity contribution in [3.8, 4) is 11.5 Å². The van der Waals surface area contributed by atoms with Gasteiger partial charge in [-0.1, -0.05) is 6.07 Å². The Kier molecular flexibility index (Phi) is 2.60. The van der Waals surface area contributed by atoms with Crippen LogP contribution in [0.25, 0.3) is 0 Å². The molecule has 0 aliphatic carbocycles. The minimum absolute atomic E-state index is 0.0296. The lowest BCUT2D eigenvalue weighted by molar-refractivity contribution is 0.0817. The number of phenols is 2. The number of rotatable bonds is 2. The molecule has 1 amide bonds. The van der Waals surface area contributed by atoms with Crippen LogP contribution in [-0.4, -0.2) is 39.4 Å². The third kappa shape index (κ3) is 2.03. The maximum absolute atomic E-state index is 10.5. The van der Waals surface area contributed by atoms with Crippen molar-refractivity contribution in [3.63, 3.8) is 0 Å². The molecular weight excluding hydrogens is 210 g/mol. The van der Waals surface area contributed by atoms with Gasteiger partial charge in [0, 0.05) is 19.2 Å². The zero-order valence-electron chi connectivity index (χ0n) is 8.63. The molecule has 1 aliphatic rings. The van der Waals surface area contributed by atoms with Crippen molar-refractivity contribution in [1.82, 2.24) is 4.90 Å². The maximum Gasteiger partial charge on any atom is 0.407 e. The summed E-state index contributed by atoms with van der Waals surface area (Å²) in [5, 5.41) is 27.3. The van der Waals surface area contributed by atoms with E-state index in [9.17, 15) is 9.90 Å². The molecule has 86 valence electrons. The Morgan fingerprint density at radius 1 is 1.38 bits per heavy atom. The summed E-state index contributed by atoms with van der Waals surface area (Å²) in [5.41, 5.74) is 0.743. The molecule has 0 unspecified atom stereocenters. The van der Waals surface area contributed by atoms with Gasteiger partial charge in [-0.15, -0.1) is 0 Å². The van der Waals surface area contributed by atoms with Gasteiger partial charge in [-0.05, 0) is 24.0 Å². The van der Waals surface area contributed by atoms with Gasteiger partial charge in [0.05, 0.1) is 0 Å². The van der Waals surface area contributed by atoms with E-state index in [1.165, 1.54) is 17.0 Å². The molecule has 0 saturated carbocycles. The summed E-state index contributed by atoms with van der Waals surface area (Å²) >= 11 is 0. The van der Waals surface area contributed by atoms with Gasteiger partial charge in [0.1, 0.15) is 11.5 Å². The Morgan fingerprint density at radius 3 is 2.62 bits per heavy atom. The molecule has 0 bridgehead atoms. The Hall–Kier alpha value is -1.91. The third-order valence-electron chi connectivity index (χ3n) is 2.81. The lowest BCUT2D eigenvalue weighted by atomic mass is 9.92. The number of amides is 1. The van der Waals surface area contributed by atoms with E-state index in [1.54, 1.807) is 6.07 Å². The molecule has 1 fully saturated rings. The first-order valence-corrected chi connectivity index (χ1v) is 5.05. The number of hydrogen-bond acceptors (Lipinski definition) is 3. The molecular formula is C11H13NO4. The highest BCUT2D eigenvalue weighted by Crippen LogP contribution is 2.28. The van der Waals surface area contributed by atoms with Crippen LogP contribution in [0.1, 0.15) is 5.56 Å². The predicted octanol–water partition coefficient (Wildman–Crippen LogP) is 1.25. The second kappa shape index (κ2) is 3.92. The zero-order valence-corrected chi connectivity index (χ0v) is 8.63. The molecule has 1 aromatic carbocycles. The van der Waals surface area contributed by atoms with Crippen LogP contribution in [0.4, 0.5) is 4.79 Å². The van der Waals surface area contributed by atoms with E-state index in [-0.39, 0.29) is 17.4 Å². The topological polar surface area (TPSA) is 81.0 Å². The lowest BCUT2D eigenvalue weighted by Gasteiger charge is -2.37. The van der Waals surface area contributed by atoms with Crippen molar-refractivity contribution in [1.29, 1.82) is 0 Å². The number of phenolic OH excluding ortho intramolecular Hbond substituents is 2. The second-order valence-electron chi connectivity index (χ2n) is 4.07. The van der Waals surface area contributed by atoms with Gasteiger partial charge in [0.2, 0.25) is 0 Å². The number of aromatic hydroxyl groups is 2. The fourth-order valence-electron chi connectivity index (χ4n) is 1.89. The van der Waals surface area contributed by atoms with E-state index in [1.807, 2.05) is 0 Å². The highest BCUT2D eigenvalue weighted by Gasteiger charge is 2.30. The molecule has 3 N–H and O–H groups in total. The largest absolute Gasteiger partial charge is 0.508 e. The van der Waals surface area contributed by atoms with Crippen molar-refractivity contribution >= 4 is 6.09 Å². The van der Waals surface area contributed by atoms with Gasteiger partial charge in [-0.3, -0.25) is 0 Å². The summed E-state index contributed by atoms with van der Waals surface area (Å²) in [6.07, 6.45) is -0.262. The summed E-state index contributed by atoms with van der Waals surface area (Å²) < 4.78 is 0. The quantitative estimate of drug-likeness (QED) is 0.704. The SMILES string of the molecule is O=C(O)N1CC(Cc2ccc(O)cc2O)C1. The summed E-state index contributed by atoms with van der Waals surface area (Å²) in [7, 11) is 0. The van der Waals surface area contributed by atoms with E-state index in [2.05, 4.69) is 0 Å². The zero-order chi connectivity index (χ0) is 11.7. The third-order valence-corrected chi connectivity index (χ3v) is 2.81. The summed E-state index contributed by atoms with van der Waals surface area (Å²) in [6, 6.07) is 4.47. The fourth-order valence-corrected chi connectivity index (χ4v) is 1.89. The Labute approximate surface area is 92.6 Å². The molecule has 16 heavy (non-hydrogen) atoms. The van der Waals surface area contributed by atoms with Gasteiger partial charge >= 0.3 is 6.09 Å². The van der Waals surface area contributed by atoms with Crippen molar-refractivity contribution in [3.05, 3.63) is 23.8 Å². The van der Waals surface area contributed by atoms with E-state index < -0.39 is 6.09 Å². The molecule has 2 rings (SSSR count). The molecule has 0 atom stereocenters. The second-order valence-corrected chi connectivity index (χ2v) is 4.07.